The number of esters is 2. The topological polar surface area (TPSA) is 196 Å². The minimum absolute atomic E-state index is 0. The zero-order valence-corrected chi connectivity index (χ0v) is 38.0. The van der Waals surface area contributed by atoms with E-state index < -0.39 is 57.3 Å². The number of sulfonamides is 1. The molecular weight excluding hydrogens is 975 g/mol. The van der Waals surface area contributed by atoms with Crippen LogP contribution in [-0.4, -0.2) is 76.7 Å². The van der Waals surface area contributed by atoms with Gasteiger partial charge < -0.3 is 30.7 Å². The van der Waals surface area contributed by atoms with Crippen molar-refractivity contribution in [2.45, 2.75) is 111 Å². The second-order valence-electron chi connectivity index (χ2n) is 13.9. The van der Waals surface area contributed by atoms with E-state index in [2.05, 4.69) is 51.8 Å². The Kier molecular flexibility index (Phi) is 27.7. The second-order valence-corrected chi connectivity index (χ2v) is 19.9. The molecule has 0 bridgehead atoms. The molecule has 13 nitrogen and oxygen atoms in total. The number of rotatable bonds is 14. The molecule has 0 aliphatic rings. The predicted molar refractivity (Wildman–Crippen MR) is 217 cm³/mol. The molecule has 61 heavy (non-hydrogen) atoms. The molecule has 3 rings (SSSR count). The Bertz CT molecular complexity index is 1780. The van der Waals surface area contributed by atoms with E-state index >= 15 is 0 Å². The predicted octanol–water partition coefficient (Wildman–Crippen LogP) is 4.92. The number of halogens is 7. The van der Waals surface area contributed by atoms with Crippen molar-refractivity contribution in [3.05, 3.63) is 93.6 Å². The van der Waals surface area contributed by atoms with Gasteiger partial charge in [-0.1, -0.05) is 56.8 Å². The number of benzene rings is 3. The van der Waals surface area contributed by atoms with Crippen LogP contribution in [0.3, 0.4) is 0 Å². The summed E-state index contributed by atoms with van der Waals surface area (Å²) in [6.07, 6.45) is -4.31. The third-order valence-electron chi connectivity index (χ3n) is 6.25. The highest BCUT2D eigenvalue weighted by Crippen LogP contribution is 2.25. The van der Waals surface area contributed by atoms with Crippen LogP contribution in [-0.2, 0) is 51.1 Å². The normalized spacial score (nSPS) is 12.6. The first kappa shape index (κ1) is 59.7. The van der Waals surface area contributed by atoms with Crippen molar-refractivity contribution in [3.8, 4) is 11.5 Å². The van der Waals surface area contributed by atoms with Gasteiger partial charge >= 0.3 is 55.0 Å². The van der Waals surface area contributed by atoms with Crippen LogP contribution in [0.5, 0.6) is 11.5 Å². The number of ether oxygens (including phenoxy) is 2. The maximum Gasteiger partial charge on any atom is 0.550 e. The fourth-order valence-electron chi connectivity index (χ4n) is 3.89. The molecule has 0 spiro atoms. The van der Waals surface area contributed by atoms with Gasteiger partial charge in [0.15, 0.2) is 3.57 Å². The Morgan fingerprint density at radius 3 is 1.59 bits per heavy atom. The number of hydrogen-bond acceptors (Lipinski definition) is 13. The lowest BCUT2D eigenvalue weighted by Gasteiger charge is -2.24. The maximum absolute atomic E-state index is 12.1. The number of alkyl halides is 7. The van der Waals surface area contributed by atoms with Crippen molar-refractivity contribution >= 4 is 34.2 Å². The third kappa shape index (κ3) is 30.3. The van der Waals surface area contributed by atoms with Gasteiger partial charge in [0.25, 0.3) is 0 Å². The molecule has 0 radical (unpaired) electrons. The summed E-state index contributed by atoms with van der Waals surface area (Å²) in [5.41, 5.74) is 0.967. The van der Waals surface area contributed by atoms with E-state index in [-0.39, 0.29) is 30.9 Å². The summed E-state index contributed by atoms with van der Waals surface area (Å²) < 4.78 is 105. The summed E-state index contributed by atoms with van der Waals surface area (Å²) in [6.45, 7) is 15.9. The van der Waals surface area contributed by atoms with Crippen molar-refractivity contribution in [1.29, 1.82) is 0 Å². The summed E-state index contributed by atoms with van der Waals surface area (Å²) in [5.74, 6) is -0.242. The van der Waals surface area contributed by atoms with E-state index in [9.17, 15) is 49.5 Å². The van der Waals surface area contributed by atoms with Gasteiger partial charge in [0.05, 0.1) is 0 Å². The maximum atomic E-state index is 12.1. The lowest BCUT2D eigenvalue weighted by Crippen LogP contribution is -3.62. The molecular formula is C39H57F6IN3O10S2+. The van der Waals surface area contributed by atoms with Gasteiger partial charge in [0, 0.05) is 0 Å². The fourth-order valence-corrected chi connectivity index (χ4v) is 6.66. The molecule has 0 aliphatic carbocycles. The summed E-state index contributed by atoms with van der Waals surface area (Å²) >= 11 is -0.556. The number of phenolic OH excluding ortho intramolecular Hbond substituents is 2. The molecule has 6 N–H and O–H groups in total. The molecule has 22 heteroatoms. The lowest BCUT2D eigenvalue weighted by molar-refractivity contribution is -0.623. The van der Waals surface area contributed by atoms with Gasteiger partial charge in [-0.3, -0.25) is 9.59 Å². The van der Waals surface area contributed by atoms with Gasteiger partial charge in [0.1, 0.15) is 51.4 Å². The van der Waals surface area contributed by atoms with Crippen LogP contribution < -0.4 is 36.4 Å². The standard InChI is InChI=1S/C15H23NO3.C13H19NO3.C8H10I.C2HF6NO4S2.CH4/c1-5-16-13(14(18)19-15(2,3)4)10-11-6-8-12(17)9-7-11;1-13(2,3)17-12(16)11(14)8-9-4-6-10(15)7-5-9;1-2-9-8-6-4-3-5-7-8;3-1(4,5)12-13-14-9-15(10,11)2(6,7)8;/h6-9,13,16-17H,5,10H2,1-4H3;4-7,11,15H,8,14H2,1-3H3;3-7H,2H2,1H3;9H;1H4/q;;+1;;. The number of nitrogens with two attached hydrogens (primary N) is 1. The van der Waals surface area contributed by atoms with Crippen molar-refractivity contribution in [3.63, 3.8) is 0 Å². The Morgan fingerprint density at radius 1 is 0.754 bits per heavy atom. The Labute approximate surface area is 369 Å². The Hall–Kier alpha value is -3.39. The van der Waals surface area contributed by atoms with Crippen molar-refractivity contribution in [2.24, 2.45) is 5.73 Å². The lowest BCUT2D eigenvalue weighted by atomic mass is 10.1. The highest BCUT2D eigenvalue weighted by Gasteiger charge is 2.46. The average molecular weight is 1030 g/mol. The molecule has 0 fully saturated rings. The molecule has 3 aromatic carbocycles. The number of carbonyl (C=O) groups is 2. The van der Waals surface area contributed by atoms with E-state index in [4.69, 9.17) is 20.3 Å². The summed E-state index contributed by atoms with van der Waals surface area (Å²) in [4.78, 5) is 26.2. The van der Waals surface area contributed by atoms with E-state index in [1.807, 2.05) is 39.8 Å². The number of hydrogen-bond donors (Lipinski definition) is 5. The third-order valence-corrected chi connectivity index (χ3v) is 10.5. The van der Waals surface area contributed by atoms with Crippen LogP contribution in [0.25, 0.3) is 0 Å². The van der Waals surface area contributed by atoms with Crippen molar-refractivity contribution < 1.29 is 94.5 Å². The average Bonchev–Trinajstić information content (AvgIpc) is 3.11. The van der Waals surface area contributed by atoms with Crippen LogP contribution in [0, 0.1) is 3.57 Å². The smallest absolute Gasteiger partial charge is 0.508 e. The Morgan fingerprint density at radius 2 is 1.20 bits per heavy atom. The largest absolute Gasteiger partial charge is 0.550 e. The molecule has 0 saturated heterocycles. The van der Waals surface area contributed by atoms with Crippen molar-refractivity contribution in [2.75, 3.05) is 11.0 Å². The Balaban J connectivity index is 0. The van der Waals surface area contributed by atoms with Gasteiger partial charge in [-0.15, -0.1) is 26.5 Å². The van der Waals surface area contributed by atoms with Crippen LogP contribution in [0.4, 0.5) is 26.3 Å². The molecule has 348 valence electrons. The summed E-state index contributed by atoms with van der Waals surface area (Å²) in [5, 5.41) is 21.5. The van der Waals surface area contributed by atoms with E-state index in [1.165, 1.54) is 4.43 Å². The number of aromatic hydroxyl groups is 2. The monoisotopic (exact) mass is 1030 g/mol. The zero-order chi connectivity index (χ0) is 46.4. The molecule has 0 amide bonds. The summed E-state index contributed by atoms with van der Waals surface area (Å²) in [6, 6.07) is 23.2. The number of likely N-dealkylation sites (N-methyl/N-ethyl adjacent to an activating group) is 1. The highest BCUT2D eigenvalue weighted by molar-refractivity contribution is 8.06. The van der Waals surface area contributed by atoms with Gasteiger partial charge in [-0.05, 0) is 115 Å². The number of phenols is 2. The molecule has 2 atom stereocenters. The fraction of sp³-hybridized carbons (Fsp3) is 0.487. The molecule has 0 saturated carbocycles. The second kappa shape index (κ2) is 28.3. The first-order valence-electron chi connectivity index (χ1n) is 17.8. The quantitative estimate of drug-likeness (QED) is 0.0168. The molecule has 3 aromatic rings. The zero-order valence-electron chi connectivity index (χ0n) is 34.2. The first-order chi connectivity index (χ1) is 27.5. The van der Waals surface area contributed by atoms with E-state index in [0.29, 0.717) is 44.7 Å². The molecule has 0 heterocycles. The number of carbonyl (C=O) groups excluding carboxylic acids is 2. The summed E-state index contributed by atoms with van der Waals surface area (Å²) in [7, 11) is -5.77. The minimum atomic E-state index is -5.77. The minimum Gasteiger partial charge on any atom is -0.508 e. The SMILES string of the molecule is C.CC(C)(C)OC(=O)C(N)Cc1ccc(O)cc1.CCNC(Cc1ccc(O)cc1)C(=O)OC(C)(C)C.CC[I+]c1ccccc1.O=S(=O)(NSOOC(F)(F)F)C(F)(F)F. The van der Waals surface area contributed by atoms with Gasteiger partial charge in [0.2, 0.25) is 0 Å². The highest BCUT2D eigenvalue weighted by atomic mass is 127. The number of nitrogens with one attached hydrogen (secondary N) is 2. The first-order valence-corrected chi connectivity index (χ1v) is 22.6. The molecule has 0 aromatic heterocycles. The van der Waals surface area contributed by atoms with E-state index in [0.717, 1.165) is 11.1 Å². The van der Waals surface area contributed by atoms with Gasteiger partial charge in [-0.25, -0.2) is 8.42 Å². The van der Waals surface area contributed by atoms with Crippen LogP contribution in [0.15, 0.2) is 78.9 Å². The van der Waals surface area contributed by atoms with Crippen LogP contribution >= 0.6 is 12.2 Å². The van der Waals surface area contributed by atoms with Crippen LogP contribution in [0.1, 0.15) is 73.9 Å². The molecule has 2 unspecified atom stereocenters. The van der Waals surface area contributed by atoms with Gasteiger partial charge in [-0.2, -0.15) is 13.2 Å². The van der Waals surface area contributed by atoms with Crippen molar-refractivity contribution in [1.82, 2.24) is 9.44 Å². The van der Waals surface area contributed by atoms with E-state index in [1.54, 1.807) is 60.7 Å². The van der Waals surface area contributed by atoms with Crippen LogP contribution in [0.2, 0.25) is 0 Å². The molecule has 0 aliphatic heterocycles.